The van der Waals surface area contributed by atoms with Crippen LogP contribution < -0.4 is 0 Å². The predicted molar refractivity (Wildman–Crippen MR) is 89.0 cm³/mol. The third-order valence-electron chi connectivity index (χ3n) is 3.70. The minimum atomic E-state index is -4.40. The lowest BCUT2D eigenvalue weighted by atomic mass is 10.1. The Balaban J connectivity index is 1.71. The first-order valence-electron chi connectivity index (χ1n) is 7.54. The van der Waals surface area contributed by atoms with E-state index in [0.717, 1.165) is 18.7 Å². The van der Waals surface area contributed by atoms with E-state index in [1.54, 1.807) is 11.3 Å². The fourth-order valence-electron chi connectivity index (χ4n) is 2.37. The van der Waals surface area contributed by atoms with E-state index in [1.165, 1.54) is 22.6 Å². The first kappa shape index (κ1) is 17.6. The van der Waals surface area contributed by atoms with E-state index in [1.807, 2.05) is 17.3 Å². The van der Waals surface area contributed by atoms with Gasteiger partial charge in [0.25, 0.3) is 0 Å². The maximum atomic E-state index is 12.8. The molecule has 0 unspecified atom stereocenters. The molecule has 8 heteroatoms. The Labute approximate surface area is 146 Å². The van der Waals surface area contributed by atoms with Crippen LogP contribution in [0.5, 0.6) is 0 Å². The molecule has 0 saturated heterocycles. The summed E-state index contributed by atoms with van der Waals surface area (Å²) in [4.78, 5) is 7.48. The number of hydrogen-bond donors (Lipinski definition) is 0. The zero-order chi connectivity index (χ0) is 18.0. The molecular formula is C17H16F3N3OS. The lowest BCUT2D eigenvalue weighted by molar-refractivity contribution is -0.137. The van der Waals surface area contributed by atoms with Crippen LogP contribution in [0.2, 0.25) is 0 Å². The number of aromatic nitrogens is 2. The van der Waals surface area contributed by atoms with Gasteiger partial charge in [-0.2, -0.15) is 18.2 Å². The van der Waals surface area contributed by atoms with Crippen molar-refractivity contribution in [2.24, 2.45) is 0 Å². The van der Waals surface area contributed by atoms with Crippen molar-refractivity contribution in [1.82, 2.24) is 15.0 Å². The van der Waals surface area contributed by atoms with Crippen molar-refractivity contribution in [2.45, 2.75) is 26.2 Å². The first-order valence-corrected chi connectivity index (χ1v) is 8.42. The van der Waals surface area contributed by atoms with Crippen LogP contribution in [0.1, 0.15) is 21.9 Å². The SMILES string of the molecule is Cc1ccsc1CN(C)Cc1nc(-c2cccc(C(F)(F)F)c2)no1. The molecule has 0 amide bonds. The van der Waals surface area contributed by atoms with Crippen LogP contribution in [0.15, 0.2) is 40.2 Å². The predicted octanol–water partition coefficient (Wildman–Crippen LogP) is 4.76. The average Bonchev–Trinajstić information content (AvgIpc) is 3.16. The molecular weight excluding hydrogens is 351 g/mol. The molecule has 0 fully saturated rings. The van der Waals surface area contributed by atoms with Gasteiger partial charge >= 0.3 is 6.18 Å². The third-order valence-corrected chi connectivity index (χ3v) is 4.71. The molecule has 3 aromatic rings. The van der Waals surface area contributed by atoms with Gasteiger partial charge in [0, 0.05) is 17.0 Å². The molecule has 1 aromatic carbocycles. The lowest BCUT2D eigenvalue weighted by Gasteiger charge is -2.13. The largest absolute Gasteiger partial charge is 0.416 e. The second-order valence-corrected chi connectivity index (χ2v) is 6.79. The van der Waals surface area contributed by atoms with Crippen molar-refractivity contribution in [1.29, 1.82) is 0 Å². The van der Waals surface area contributed by atoms with Gasteiger partial charge in [0.05, 0.1) is 12.1 Å². The summed E-state index contributed by atoms with van der Waals surface area (Å²) in [6.45, 7) is 3.21. The van der Waals surface area contributed by atoms with Crippen molar-refractivity contribution in [2.75, 3.05) is 7.05 Å². The maximum Gasteiger partial charge on any atom is 0.416 e. The highest BCUT2D eigenvalue weighted by Gasteiger charge is 2.30. The van der Waals surface area contributed by atoms with E-state index in [2.05, 4.69) is 23.1 Å². The highest BCUT2D eigenvalue weighted by Crippen LogP contribution is 2.31. The van der Waals surface area contributed by atoms with Crippen molar-refractivity contribution in [3.8, 4) is 11.4 Å². The van der Waals surface area contributed by atoms with Crippen molar-refractivity contribution < 1.29 is 17.7 Å². The fourth-order valence-corrected chi connectivity index (χ4v) is 3.35. The molecule has 0 saturated carbocycles. The van der Waals surface area contributed by atoms with E-state index in [9.17, 15) is 13.2 Å². The zero-order valence-corrected chi connectivity index (χ0v) is 14.5. The molecule has 0 atom stereocenters. The molecule has 2 heterocycles. The molecule has 0 bridgehead atoms. The second-order valence-electron chi connectivity index (χ2n) is 5.79. The summed E-state index contributed by atoms with van der Waals surface area (Å²) in [7, 11) is 1.92. The van der Waals surface area contributed by atoms with E-state index in [-0.39, 0.29) is 11.4 Å². The van der Waals surface area contributed by atoms with Crippen LogP contribution in [0.4, 0.5) is 13.2 Å². The minimum Gasteiger partial charge on any atom is -0.338 e. The maximum absolute atomic E-state index is 12.8. The van der Waals surface area contributed by atoms with E-state index in [0.29, 0.717) is 12.4 Å². The van der Waals surface area contributed by atoms with Gasteiger partial charge in [-0.15, -0.1) is 11.3 Å². The molecule has 25 heavy (non-hydrogen) atoms. The Morgan fingerprint density at radius 2 is 2.00 bits per heavy atom. The number of thiophene rings is 1. The number of benzene rings is 1. The standard InChI is InChI=1S/C17H16F3N3OS/c1-11-6-7-25-14(11)9-23(2)10-15-21-16(22-24-15)12-4-3-5-13(8-12)17(18,19)20/h3-8H,9-10H2,1-2H3. The number of halogens is 3. The molecule has 0 radical (unpaired) electrons. The summed E-state index contributed by atoms with van der Waals surface area (Å²) in [6, 6.07) is 6.96. The van der Waals surface area contributed by atoms with E-state index in [4.69, 9.17) is 4.52 Å². The summed E-state index contributed by atoms with van der Waals surface area (Å²) < 4.78 is 43.6. The minimum absolute atomic E-state index is 0.154. The highest BCUT2D eigenvalue weighted by atomic mass is 32.1. The number of nitrogens with zero attached hydrogens (tertiary/aromatic N) is 3. The van der Waals surface area contributed by atoms with Crippen LogP contribution >= 0.6 is 11.3 Å². The molecule has 3 rings (SSSR count). The van der Waals surface area contributed by atoms with Gasteiger partial charge in [0.2, 0.25) is 11.7 Å². The van der Waals surface area contributed by atoms with Gasteiger partial charge in [0.15, 0.2) is 0 Å². The van der Waals surface area contributed by atoms with Gasteiger partial charge in [-0.3, -0.25) is 4.90 Å². The Hall–Kier alpha value is -2.19. The Kier molecular flexibility index (Phi) is 4.91. The third kappa shape index (κ3) is 4.26. The van der Waals surface area contributed by atoms with Gasteiger partial charge in [0.1, 0.15) is 0 Å². The van der Waals surface area contributed by atoms with Crippen LogP contribution in [-0.4, -0.2) is 22.1 Å². The van der Waals surface area contributed by atoms with Gasteiger partial charge in [-0.1, -0.05) is 17.3 Å². The smallest absolute Gasteiger partial charge is 0.338 e. The van der Waals surface area contributed by atoms with E-state index >= 15 is 0 Å². The summed E-state index contributed by atoms with van der Waals surface area (Å²) in [6.07, 6.45) is -4.40. The van der Waals surface area contributed by atoms with Gasteiger partial charge in [-0.25, -0.2) is 0 Å². The highest BCUT2D eigenvalue weighted by molar-refractivity contribution is 7.10. The summed E-state index contributed by atoms with van der Waals surface area (Å²) >= 11 is 1.68. The Morgan fingerprint density at radius 1 is 1.20 bits per heavy atom. The average molecular weight is 367 g/mol. The lowest BCUT2D eigenvalue weighted by Crippen LogP contribution is -2.17. The van der Waals surface area contributed by atoms with Gasteiger partial charge in [-0.05, 0) is 43.1 Å². The zero-order valence-electron chi connectivity index (χ0n) is 13.7. The summed E-state index contributed by atoms with van der Waals surface area (Å²) in [5.41, 5.74) is 0.773. The first-order chi connectivity index (χ1) is 11.8. The summed E-state index contributed by atoms with van der Waals surface area (Å²) in [5.74, 6) is 0.519. The van der Waals surface area contributed by atoms with Gasteiger partial charge < -0.3 is 4.52 Å². The molecule has 0 aliphatic heterocycles. The number of hydrogen-bond acceptors (Lipinski definition) is 5. The van der Waals surface area contributed by atoms with Crippen molar-refractivity contribution in [3.05, 3.63) is 57.6 Å². The quantitative estimate of drug-likeness (QED) is 0.652. The van der Waals surface area contributed by atoms with E-state index < -0.39 is 11.7 Å². The Bertz CT molecular complexity index is 857. The molecule has 0 spiro atoms. The molecule has 2 aromatic heterocycles. The van der Waals surface area contributed by atoms with Crippen molar-refractivity contribution >= 4 is 11.3 Å². The van der Waals surface area contributed by atoms with Crippen LogP contribution in [0.25, 0.3) is 11.4 Å². The molecule has 0 N–H and O–H groups in total. The monoisotopic (exact) mass is 367 g/mol. The van der Waals surface area contributed by atoms with Crippen LogP contribution in [0, 0.1) is 6.92 Å². The number of rotatable bonds is 5. The molecule has 132 valence electrons. The normalized spacial score (nSPS) is 12.1. The second kappa shape index (κ2) is 6.97. The number of alkyl halides is 3. The Morgan fingerprint density at radius 3 is 2.68 bits per heavy atom. The molecule has 0 aliphatic rings. The molecule has 0 aliphatic carbocycles. The van der Waals surface area contributed by atoms with Crippen LogP contribution in [-0.2, 0) is 19.3 Å². The number of aryl methyl sites for hydroxylation is 1. The van der Waals surface area contributed by atoms with Crippen LogP contribution in [0.3, 0.4) is 0 Å². The van der Waals surface area contributed by atoms with Crippen molar-refractivity contribution in [3.63, 3.8) is 0 Å². The summed E-state index contributed by atoms with van der Waals surface area (Å²) in [5, 5.41) is 5.84. The molecule has 4 nitrogen and oxygen atoms in total. The fraction of sp³-hybridized carbons (Fsp3) is 0.294. The topological polar surface area (TPSA) is 42.2 Å².